The molecule has 0 aliphatic carbocycles. The van der Waals surface area contributed by atoms with Crippen molar-refractivity contribution in [2.45, 2.75) is 11.8 Å². The van der Waals surface area contributed by atoms with Gasteiger partial charge in [-0.1, -0.05) is 0 Å². The van der Waals surface area contributed by atoms with E-state index in [1.165, 1.54) is 43.5 Å². The Kier molecular flexibility index (Phi) is 7.00. The van der Waals surface area contributed by atoms with Crippen LogP contribution in [0.1, 0.15) is 17.3 Å². The quantitative estimate of drug-likeness (QED) is 0.669. The Morgan fingerprint density at radius 2 is 1.71 bits per heavy atom. The number of carbonyl (C=O) groups is 2. The monoisotopic (exact) mass is 407 g/mol. The molecule has 2 rings (SSSR count). The van der Waals surface area contributed by atoms with Gasteiger partial charge in [-0.3, -0.25) is 4.79 Å². The second-order valence-electron chi connectivity index (χ2n) is 5.72. The number of rotatable bonds is 8. The van der Waals surface area contributed by atoms with Crippen LogP contribution in [0.4, 0.5) is 5.69 Å². The van der Waals surface area contributed by atoms with Crippen LogP contribution in [0.3, 0.4) is 0 Å². The first-order chi connectivity index (χ1) is 13.2. The van der Waals surface area contributed by atoms with Gasteiger partial charge in [-0.25, -0.2) is 13.2 Å². The van der Waals surface area contributed by atoms with Crippen molar-refractivity contribution in [1.29, 1.82) is 0 Å². The highest BCUT2D eigenvalue weighted by Gasteiger charge is 2.14. The molecule has 0 aliphatic rings. The maximum Gasteiger partial charge on any atom is 0.338 e. The van der Waals surface area contributed by atoms with Crippen molar-refractivity contribution in [2.24, 2.45) is 0 Å². The predicted molar refractivity (Wildman–Crippen MR) is 103 cm³/mol. The molecule has 0 saturated carbocycles. The van der Waals surface area contributed by atoms with Crippen molar-refractivity contribution in [3.63, 3.8) is 0 Å². The summed E-state index contributed by atoms with van der Waals surface area (Å²) >= 11 is 0. The zero-order valence-electron chi connectivity index (χ0n) is 15.7. The maximum absolute atomic E-state index is 12.1. The van der Waals surface area contributed by atoms with Gasteiger partial charge in [0.2, 0.25) is 0 Å². The normalized spacial score (nSPS) is 10.8. The molecule has 0 fully saturated rings. The first-order valence-corrected chi connectivity index (χ1v) is 10.2. The molecular formula is C19H21NO7S. The highest BCUT2D eigenvalue weighted by Crippen LogP contribution is 2.28. The highest BCUT2D eigenvalue weighted by atomic mass is 32.2. The fourth-order valence-corrected chi connectivity index (χ4v) is 2.90. The minimum absolute atomic E-state index is 0.140. The summed E-state index contributed by atoms with van der Waals surface area (Å²) in [6, 6.07) is 10.2. The molecule has 0 aromatic heterocycles. The van der Waals surface area contributed by atoms with Gasteiger partial charge in [0.05, 0.1) is 24.2 Å². The van der Waals surface area contributed by atoms with Gasteiger partial charge in [-0.2, -0.15) is 0 Å². The van der Waals surface area contributed by atoms with Crippen LogP contribution in [-0.2, 0) is 19.4 Å². The average Bonchev–Trinajstić information content (AvgIpc) is 2.66. The van der Waals surface area contributed by atoms with Gasteiger partial charge in [0.1, 0.15) is 0 Å². The minimum atomic E-state index is -3.31. The molecule has 0 atom stereocenters. The lowest BCUT2D eigenvalue weighted by Crippen LogP contribution is -2.21. The lowest BCUT2D eigenvalue weighted by atomic mass is 10.2. The van der Waals surface area contributed by atoms with Crippen molar-refractivity contribution >= 4 is 27.4 Å². The summed E-state index contributed by atoms with van der Waals surface area (Å²) in [6.07, 6.45) is 1.09. The summed E-state index contributed by atoms with van der Waals surface area (Å²) in [5.41, 5.74) is 0.599. The Hall–Kier alpha value is -3.07. The summed E-state index contributed by atoms with van der Waals surface area (Å²) in [6.45, 7) is 1.78. The predicted octanol–water partition coefficient (Wildman–Crippen LogP) is 2.29. The van der Waals surface area contributed by atoms with Gasteiger partial charge in [0.25, 0.3) is 5.91 Å². The minimum Gasteiger partial charge on any atom is -0.493 e. The number of carbonyl (C=O) groups excluding carboxylic acids is 2. The van der Waals surface area contributed by atoms with E-state index in [4.69, 9.17) is 14.2 Å². The number of hydrogen-bond donors (Lipinski definition) is 1. The first kappa shape index (κ1) is 21.2. The van der Waals surface area contributed by atoms with Crippen molar-refractivity contribution in [1.82, 2.24) is 0 Å². The summed E-state index contributed by atoms with van der Waals surface area (Å²) < 4.78 is 38.4. The molecule has 8 nitrogen and oxygen atoms in total. The van der Waals surface area contributed by atoms with E-state index in [0.29, 0.717) is 23.8 Å². The van der Waals surface area contributed by atoms with Crippen LogP contribution in [0, 0.1) is 0 Å². The van der Waals surface area contributed by atoms with E-state index in [1.807, 2.05) is 6.92 Å². The zero-order chi connectivity index (χ0) is 20.7. The number of nitrogens with one attached hydrogen (secondary N) is 1. The number of methoxy groups -OCH3 is 1. The Morgan fingerprint density at radius 1 is 1.04 bits per heavy atom. The van der Waals surface area contributed by atoms with Crippen molar-refractivity contribution in [3.8, 4) is 11.5 Å². The molecule has 150 valence electrons. The largest absolute Gasteiger partial charge is 0.493 e. The number of ether oxygens (including phenoxy) is 3. The Bertz CT molecular complexity index is 953. The zero-order valence-corrected chi connectivity index (χ0v) is 16.5. The Morgan fingerprint density at radius 3 is 2.29 bits per heavy atom. The van der Waals surface area contributed by atoms with E-state index in [1.54, 1.807) is 6.07 Å². The number of anilines is 1. The molecule has 0 unspecified atom stereocenters. The topological polar surface area (TPSA) is 108 Å². The van der Waals surface area contributed by atoms with Crippen LogP contribution in [0.5, 0.6) is 11.5 Å². The summed E-state index contributed by atoms with van der Waals surface area (Å²) in [4.78, 5) is 24.2. The van der Waals surface area contributed by atoms with Gasteiger partial charge in [0.15, 0.2) is 27.9 Å². The average molecular weight is 407 g/mol. The summed E-state index contributed by atoms with van der Waals surface area (Å²) in [5, 5.41) is 2.52. The van der Waals surface area contributed by atoms with E-state index in [2.05, 4.69) is 5.32 Å². The van der Waals surface area contributed by atoms with E-state index in [-0.39, 0.29) is 10.5 Å². The molecule has 0 saturated heterocycles. The van der Waals surface area contributed by atoms with E-state index in [9.17, 15) is 18.0 Å². The molecule has 0 aliphatic heterocycles. The number of sulfone groups is 1. The molecule has 1 amide bonds. The molecule has 9 heteroatoms. The first-order valence-electron chi connectivity index (χ1n) is 8.32. The lowest BCUT2D eigenvalue weighted by molar-refractivity contribution is -0.119. The molecule has 1 N–H and O–H groups in total. The van der Waals surface area contributed by atoms with Crippen LogP contribution in [0.15, 0.2) is 47.4 Å². The van der Waals surface area contributed by atoms with Crippen molar-refractivity contribution in [2.75, 3.05) is 31.9 Å². The second-order valence-corrected chi connectivity index (χ2v) is 7.74. The van der Waals surface area contributed by atoms with Gasteiger partial charge in [-0.15, -0.1) is 0 Å². The van der Waals surface area contributed by atoms with E-state index >= 15 is 0 Å². The standard InChI is InChI=1S/C19H21NO7S/c1-4-26-16-10-5-13(11-17(16)25-2)19(22)27-12-18(21)20-14-6-8-15(9-7-14)28(3,23)24/h5-11H,4,12H2,1-3H3,(H,20,21). The number of hydrogen-bond acceptors (Lipinski definition) is 7. The van der Waals surface area contributed by atoms with Crippen molar-refractivity contribution < 1.29 is 32.2 Å². The highest BCUT2D eigenvalue weighted by molar-refractivity contribution is 7.90. The fourth-order valence-electron chi connectivity index (χ4n) is 2.27. The van der Waals surface area contributed by atoms with Gasteiger partial charge in [0, 0.05) is 11.9 Å². The summed E-state index contributed by atoms with van der Waals surface area (Å²) in [5.74, 6) is -0.370. The molecule has 0 bridgehead atoms. The second kappa shape index (κ2) is 9.23. The number of amides is 1. The van der Waals surface area contributed by atoms with Crippen LogP contribution >= 0.6 is 0 Å². The molecule has 2 aromatic carbocycles. The van der Waals surface area contributed by atoms with Gasteiger partial charge in [-0.05, 0) is 49.4 Å². The number of esters is 1. The van der Waals surface area contributed by atoms with Gasteiger partial charge < -0.3 is 19.5 Å². The number of benzene rings is 2. The van der Waals surface area contributed by atoms with E-state index < -0.39 is 28.3 Å². The van der Waals surface area contributed by atoms with Crippen LogP contribution < -0.4 is 14.8 Å². The molecule has 0 spiro atoms. The van der Waals surface area contributed by atoms with Gasteiger partial charge >= 0.3 is 5.97 Å². The Labute approximate surface area is 163 Å². The molecule has 2 aromatic rings. The molecule has 0 radical (unpaired) electrons. The van der Waals surface area contributed by atoms with Crippen LogP contribution in [-0.4, -0.2) is 46.9 Å². The summed E-state index contributed by atoms with van der Waals surface area (Å²) in [7, 11) is -1.86. The third-order valence-electron chi connectivity index (χ3n) is 3.60. The molecule has 0 heterocycles. The Balaban J connectivity index is 1.94. The third-order valence-corrected chi connectivity index (χ3v) is 4.73. The van der Waals surface area contributed by atoms with Crippen LogP contribution in [0.2, 0.25) is 0 Å². The molecule has 28 heavy (non-hydrogen) atoms. The lowest BCUT2D eigenvalue weighted by Gasteiger charge is -2.11. The van der Waals surface area contributed by atoms with Crippen molar-refractivity contribution in [3.05, 3.63) is 48.0 Å². The SMILES string of the molecule is CCOc1ccc(C(=O)OCC(=O)Nc2ccc(S(C)(=O)=O)cc2)cc1OC. The molecular weight excluding hydrogens is 386 g/mol. The third kappa shape index (κ3) is 5.71. The maximum atomic E-state index is 12.1. The fraction of sp³-hybridized carbons (Fsp3) is 0.263. The van der Waals surface area contributed by atoms with E-state index in [0.717, 1.165) is 6.26 Å². The smallest absolute Gasteiger partial charge is 0.338 e. The van der Waals surface area contributed by atoms with Crippen LogP contribution in [0.25, 0.3) is 0 Å².